The highest BCUT2D eigenvalue weighted by atomic mass is 35.5. The average Bonchev–Trinajstić information content (AvgIpc) is 2.83. The molecule has 0 saturated carbocycles. The Hall–Kier alpha value is -1.95. The fourth-order valence-corrected chi connectivity index (χ4v) is 1.62. The lowest BCUT2D eigenvalue weighted by molar-refractivity contribution is 0.913. The van der Waals surface area contributed by atoms with Gasteiger partial charge in [0.2, 0.25) is 0 Å². The molecule has 3 aromatic heterocycles. The van der Waals surface area contributed by atoms with E-state index >= 15 is 0 Å². The maximum atomic E-state index is 5.77. The minimum absolute atomic E-state index is 0.396. The van der Waals surface area contributed by atoms with Gasteiger partial charge in [-0.05, 0) is 0 Å². The van der Waals surface area contributed by atoms with Crippen molar-refractivity contribution < 1.29 is 0 Å². The molecule has 3 heterocycles. The van der Waals surface area contributed by atoms with Gasteiger partial charge in [0.15, 0.2) is 11.5 Å². The Morgan fingerprint density at radius 2 is 2.06 bits per heavy atom. The zero-order valence-electron chi connectivity index (χ0n) is 8.37. The number of aromatic nitrogens is 6. The van der Waals surface area contributed by atoms with Crippen molar-refractivity contribution in [2.75, 3.05) is 0 Å². The second-order valence-corrected chi connectivity index (χ2v) is 3.78. The molecule has 3 aromatic rings. The number of imidazole rings is 1. The molecule has 3 rings (SSSR count). The minimum atomic E-state index is 0.396. The maximum absolute atomic E-state index is 5.77. The largest absolute Gasteiger partial charge is 0.340 e. The van der Waals surface area contributed by atoms with Gasteiger partial charge >= 0.3 is 0 Å². The molecule has 0 atom stereocenters. The number of aryl methyl sites for hydroxylation is 1. The first-order chi connectivity index (χ1) is 7.74. The van der Waals surface area contributed by atoms with Crippen LogP contribution in [0.25, 0.3) is 17.2 Å². The van der Waals surface area contributed by atoms with Crippen molar-refractivity contribution in [1.29, 1.82) is 0 Å². The fourth-order valence-electron chi connectivity index (χ4n) is 1.48. The highest BCUT2D eigenvalue weighted by Gasteiger charge is 2.10. The zero-order chi connectivity index (χ0) is 11.1. The van der Waals surface area contributed by atoms with Crippen LogP contribution in [0.1, 0.15) is 0 Å². The summed E-state index contributed by atoms with van der Waals surface area (Å²) in [6.07, 6.45) is 5.16. The van der Waals surface area contributed by atoms with Crippen molar-refractivity contribution in [3.63, 3.8) is 0 Å². The van der Waals surface area contributed by atoms with Crippen molar-refractivity contribution in [2.24, 2.45) is 7.05 Å². The van der Waals surface area contributed by atoms with Crippen LogP contribution >= 0.6 is 11.6 Å². The Morgan fingerprint density at radius 1 is 1.19 bits per heavy atom. The lowest BCUT2D eigenvalue weighted by Gasteiger charge is -1.95. The van der Waals surface area contributed by atoms with E-state index in [1.165, 1.54) is 0 Å². The summed E-state index contributed by atoms with van der Waals surface area (Å²) in [5.74, 6) is 0.653. The third-order valence-electron chi connectivity index (χ3n) is 2.20. The quantitative estimate of drug-likeness (QED) is 0.593. The average molecular weight is 235 g/mol. The third-order valence-corrected chi connectivity index (χ3v) is 2.41. The summed E-state index contributed by atoms with van der Waals surface area (Å²) < 4.78 is 3.59. The molecule has 0 aliphatic carbocycles. The Kier molecular flexibility index (Phi) is 1.90. The first-order valence-corrected chi connectivity index (χ1v) is 4.96. The van der Waals surface area contributed by atoms with E-state index in [-0.39, 0.29) is 0 Å². The van der Waals surface area contributed by atoms with Crippen LogP contribution in [0.4, 0.5) is 0 Å². The van der Waals surface area contributed by atoms with Crippen molar-refractivity contribution >= 4 is 17.2 Å². The highest BCUT2D eigenvalue weighted by molar-refractivity contribution is 6.29. The summed E-state index contributed by atoms with van der Waals surface area (Å²) in [4.78, 5) is 8.20. The number of fused-ring (bicyclic) bond motifs is 1. The molecule has 0 saturated heterocycles. The van der Waals surface area contributed by atoms with Crippen LogP contribution in [-0.4, -0.2) is 29.1 Å². The number of rotatable bonds is 1. The predicted octanol–water partition coefficient (Wildman–Crippen LogP) is 1.18. The summed E-state index contributed by atoms with van der Waals surface area (Å²) in [6, 6.07) is 1.65. The third kappa shape index (κ3) is 1.35. The number of hydrogen-bond donors (Lipinski definition) is 0. The molecule has 0 spiro atoms. The zero-order valence-corrected chi connectivity index (χ0v) is 9.13. The second kappa shape index (κ2) is 3.28. The van der Waals surface area contributed by atoms with Crippen molar-refractivity contribution in [3.05, 3.63) is 30.1 Å². The van der Waals surface area contributed by atoms with E-state index in [9.17, 15) is 0 Å². The summed E-state index contributed by atoms with van der Waals surface area (Å²) in [7, 11) is 1.90. The molecule has 0 N–H and O–H groups in total. The van der Waals surface area contributed by atoms with Gasteiger partial charge in [0.1, 0.15) is 17.2 Å². The molecule has 0 amide bonds. The molecular formula is C9H7ClN6. The van der Waals surface area contributed by atoms with Crippen LogP contribution in [0.2, 0.25) is 5.15 Å². The Bertz CT molecular complexity index is 655. The molecule has 0 aliphatic heterocycles. The van der Waals surface area contributed by atoms with Gasteiger partial charge in [0.25, 0.3) is 0 Å². The van der Waals surface area contributed by atoms with Crippen LogP contribution in [0.15, 0.2) is 24.9 Å². The van der Waals surface area contributed by atoms with Crippen molar-refractivity contribution in [1.82, 2.24) is 29.1 Å². The molecule has 6 nitrogen and oxygen atoms in total. The van der Waals surface area contributed by atoms with Crippen molar-refractivity contribution in [3.8, 4) is 11.5 Å². The second-order valence-electron chi connectivity index (χ2n) is 3.39. The van der Waals surface area contributed by atoms with Gasteiger partial charge in [-0.2, -0.15) is 0 Å². The van der Waals surface area contributed by atoms with Gasteiger partial charge in [0.05, 0.1) is 6.33 Å². The van der Waals surface area contributed by atoms with Crippen LogP contribution in [0.5, 0.6) is 0 Å². The number of hydrogen-bond acceptors (Lipinski definition) is 4. The molecule has 0 bridgehead atoms. The van der Waals surface area contributed by atoms with Crippen molar-refractivity contribution in [2.45, 2.75) is 0 Å². The van der Waals surface area contributed by atoms with E-state index in [1.807, 2.05) is 17.8 Å². The summed E-state index contributed by atoms with van der Waals surface area (Å²) in [5, 5.41) is 8.46. The first-order valence-electron chi connectivity index (χ1n) is 4.58. The molecule has 0 radical (unpaired) electrons. The van der Waals surface area contributed by atoms with Crippen LogP contribution in [0.3, 0.4) is 0 Å². The van der Waals surface area contributed by atoms with E-state index in [1.54, 1.807) is 23.1 Å². The smallest absolute Gasteiger partial charge is 0.189 e. The molecule has 80 valence electrons. The molecule has 0 aromatic carbocycles. The molecule has 0 aliphatic rings. The Morgan fingerprint density at radius 3 is 2.81 bits per heavy atom. The van der Waals surface area contributed by atoms with Gasteiger partial charge in [-0.3, -0.25) is 4.40 Å². The molecule has 0 unspecified atom stereocenters. The maximum Gasteiger partial charge on any atom is 0.189 e. The lowest BCUT2D eigenvalue weighted by Crippen LogP contribution is -1.91. The van der Waals surface area contributed by atoms with Gasteiger partial charge in [0, 0.05) is 19.3 Å². The Labute approximate surface area is 95.5 Å². The molecular weight excluding hydrogens is 228 g/mol. The molecule has 16 heavy (non-hydrogen) atoms. The number of nitrogens with zero attached hydrogens (tertiary/aromatic N) is 6. The van der Waals surface area contributed by atoms with Crippen LogP contribution in [-0.2, 0) is 7.05 Å². The predicted molar refractivity (Wildman–Crippen MR) is 58.0 cm³/mol. The standard InChI is InChI=1S/C9H7ClN6/c1-15-3-6(11-4-15)9-14-13-8-2-7(10)12-5-16(8)9/h2-5H,1H3. The Balaban J connectivity index is 2.25. The summed E-state index contributed by atoms with van der Waals surface area (Å²) in [6.45, 7) is 0. The molecule has 7 heteroatoms. The normalized spacial score (nSPS) is 11.1. The van der Waals surface area contributed by atoms with E-state index in [4.69, 9.17) is 11.6 Å². The monoisotopic (exact) mass is 234 g/mol. The topological polar surface area (TPSA) is 60.9 Å². The van der Waals surface area contributed by atoms with Crippen LogP contribution < -0.4 is 0 Å². The highest BCUT2D eigenvalue weighted by Crippen LogP contribution is 2.16. The van der Waals surface area contributed by atoms with Gasteiger partial charge in [-0.1, -0.05) is 11.6 Å². The van der Waals surface area contributed by atoms with E-state index < -0.39 is 0 Å². The van der Waals surface area contributed by atoms with Crippen LogP contribution in [0, 0.1) is 0 Å². The van der Waals surface area contributed by atoms with E-state index in [0.717, 1.165) is 5.69 Å². The summed E-state index contributed by atoms with van der Waals surface area (Å²) in [5.41, 5.74) is 1.40. The van der Waals surface area contributed by atoms with E-state index in [2.05, 4.69) is 20.2 Å². The minimum Gasteiger partial charge on any atom is -0.340 e. The lowest BCUT2D eigenvalue weighted by atomic mass is 10.4. The molecule has 0 fully saturated rings. The number of halogens is 1. The van der Waals surface area contributed by atoms with Gasteiger partial charge in [-0.25, -0.2) is 9.97 Å². The van der Waals surface area contributed by atoms with Gasteiger partial charge in [-0.15, -0.1) is 10.2 Å². The van der Waals surface area contributed by atoms with Gasteiger partial charge < -0.3 is 4.57 Å². The van der Waals surface area contributed by atoms with E-state index in [0.29, 0.717) is 16.6 Å². The summed E-state index contributed by atoms with van der Waals surface area (Å²) >= 11 is 5.77. The first kappa shape index (κ1) is 9.29. The fraction of sp³-hybridized carbons (Fsp3) is 0.111. The SMILES string of the molecule is Cn1cnc(-c2nnc3cc(Cl)ncn23)c1.